The second kappa shape index (κ2) is 6.32. The van der Waals surface area contributed by atoms with Crippen molar-refractivity contribution < 1.29 is 4.79 Å². The smallest absolute Gasteiger partial charge is 0.315 e. The van der Waals surface area contributed by atoms with Crippen molar-refractivity contribution in [2.75, 3.05) is 20.1 Å². The average molecular weight is 308 g/mol. The van der Waals surface area contributed by atoms with Crippen LogP contribution in [0.2, 0.25) is 0 Å². The van der Waals surface area contributed by atoms with Gasteiger partial charge in [0.15, 0.2) is 0 Å². The van der Waals surface area contributed by atoms with Gasteiger partial charge in [0.2, 0.25) is 0 Å². The van der Waals surface area contributed by atoms with Gasteiger partial charge in [0, 0.05) is 30.2 Å². The number of likely N-dealkylation sites (N-methyl/N-ethyl adjacent to an activating group) is 1. The quantitative estimate of drug-likeness (QED) is 0.812. The van der Waals surface area contributed by atoms with Crippen molar-refractivity contribution in [3.63, 3.8) is 0 Å². The van der Waals surface area contributed by atoms with Gasteiger partial charge in [0.05, 0.1) is 6.04 Å². The van der Waals surface area contributed by atoms with Gasteiger partial charge in [0.1, 0.15) is 5.01 Å². The molecule has 0 radical (unpaired) electrons. The van der Waals surface area contributed by atoms with Crippen molar-refractivity contribution in [3.8, 4) is 0 Å². The number of hydrogen-bond acceptors (Lipinski definition) is 4. The summed E-state index contributed by atoms with van der Waals surface area (Å²) in [4.78, 5) is 20.0. The molecule has 0 saturated heterocycles. The molecule has 21 heavy (non-hydrogen) atoms. The number of rotatable bonds is 7. The van der Waals surface area contributed by atoms with Crippen molar-refractivity contribution in [2.45, 2.75) is 44.7 Å². The zero-order chi connectivity index (χ0) is 14.8. The fourth-order valence-electron chi connectivity index (χ4n) is 2.56. The zero-order valence-corrected chi connectivity index (χ0v) is 13.6. The van der Waals surface area contributed by atoms with E-state index in [0.717, 1.165) is 17.6 Å². The minimum absolute atomic E-state index is 0.0658. The molecular formula is C15H24N4OS. The zero-order valence-electron chi connectivity index (χ0n) is 12.8. The van der Waals surface area contributed by atoms with E-state index in [9.17, 15) is 4.79 Å². The molecule has 2 amide bonds. The number of amides is 2. The molecule has 1 unspecified atom stereocenters. The average Bonchev–Trinajstić information content (AvgIpc) is 3.34. The minimum Gasteiger partial charge on any atom is -0.337 e. The molecule has 0 aliphatic heterocycles. The molecule has 2 aliphatic carbocycles. The van der Waals surface area contributed by atoms with E-state index in [2.05, 4.69) is 34.5 Å². The first kappa shape index (κ1) is 14.8. The molecule has 116 valence electrons. The van der Waals surface area contributed by atoms with Gasteiger partial charge in [-0.15, -0.1) is 11.3 Å². The minimum atomic E-state index is -0.0658. The summed E-state index contributed by atoms with van der Waals surface area (Å²) >= 11 is 1.69. The van der Waals surface area contributed by atoms with E-state index in [4.69, 9.17) is 0 Å². The van der Waals surface area contributed by atoms with Crippen LogP contribution in [0.3, 0.4) is 0 Å². The van der Waals surface area contributed by atoms with E-state index in [1.807, 2.05) is 6.20 Å². The molecule has 1 aromatic heterocycles. The highest BCUT2D eigenvalue weighted by Crippen LogP contribution is 2.41. The molecule has 3 rings (SSSR count). The van der Waals surface area contributed by atoms with Gasteiger partial charge in [-0.25, -0.2) is 9.78 Å². The summed E-state index contributed by atoms with van der Waals surface area (Å²) in [5.41, 5.74) is 0. The van der Waals surface area contributed by atoms with Crippen LogP contribution in [0.5, 0.6) is 0 Å². The molecule has 1 aromatic rings. The first-order chi connectivity index (χ1) is 10.1. The fraction of sp³-hybridized carbons (Fsp3) is 0.733. The predicted molar refractivity (Wildman–Crippen MR) is 84.5 cm³/mol. The summed E-state index contributed by atoms with van der Waals surface area (Å²) in [6.07, 6.45) is 6.87. The Hall–Kier alpha value is -1.14. The Morgan fingerprint density at radius 2 is 2.24 bits per heavy atom. The number of urea groups is 1. The van der Waals surface area contributed by atoms with Gasteiger partial charge >= 0.3 is 6.03 Å². The van der Waals surface area contributed by atoms with Crippen LogP contribution >= 0.6 is 11.3 Å². The molecule has 0 spiro atoms. The Balaban J connectivity index is 1.45. The fourth-order valence-corrected chi connectivity index (χ4v) is 3.48. The monoisotopic (exact) mass is 308 g/mol. The number of carbonyl (C=O) groups excluding carboxylic acids is 1. The Morgan fingerprint density at radius 3 is 2.81 bits per heavy atom. The van der Waals surface area contributed by atoms with E-state index < -0.39 is 0 Å². The molecule has 5 nitrogen and oxygen atoms in total. The molecule has 2 N–H and O–H groups in total. The second-order valence-corrected chi connectivity index (χ2v) is 7.50. The first-order valence-corrected chi connectivity index (χ1v) is 8.62. The van der Waals surface area contributed by atoms with Gasteiger partial charge in [-0.1, -0.05) is 0 Å². The highest BCUT2D eigenvalue weighted by molar-refractivity contribution is 7.11. The third-order valence-corrected chi connectivity index (χ3v) is 5.20. The number of aryl methyl sites for hydroxylation is 1. The van der Waals surface area contributed by atoms with Crippen LogP contribution in [-0.2, 0) is 0 Å². The second-order valence-electron chi connectivity index (χ2n) is 6.24. The van der Waals surface area contributed by atoms with Gasteiger partial charge in [-0.3, -0.25) is 0 Å². The number of aromatic nitrogens is 1. The highest BCUT2D eigenvalue weighted by Gasteiger charge is 2.35. The lowest BCUT2D eigenvalue weighted by atomic mass is 10.2. The molecular weight excluding hydrogens is 284 g/mol. The number of thiazole rings is 1. The molecule has 2 fully saturated rings. The van der Waals surface area contributed by atoms with Crippen molar-refractivity contribution in [1.82, 2.24) is 20.5 Å². The van der Waals surface area contributed by atoms with E-state index in [1.165, 1.54) is 30.6 Å². The van der Waals surface area contributed by atoms with Crippen molar-refractivity contribution >= 4 is 17.4 Å². The molecule has 0 aromatic carbocycles. The molecule has 1 heterocycles. The standard InChI is InChI=1S/C15H24N4OS/c1-10-9-17-14(21-10)13(11-3-4-11)18-15(20)16-7-8-19(2)12-5-6-12/h9,11-13H,3-8H2,1-2H3,(H2,16,18,20). The lowest BCUT2D eigenvalue weighted by Gasteiger charge is -2.18. The Morgan fingerprint density at radius 1 is 1.48 bits per heavy atom. The topological polar surface area (TPSA) is 57.3 Å². The maximum atomic E-state index is 12.1. The van der Waals surface area contributed by atoms with Gasteiger partial charge in [-0.2, -0.15) is 0 Å². The third kappa shape index (κ3) is 4.17. The Kier molecular flexibility index (Phi) is 4.45. The molecule has 2 saturated carbocycles. The van der Waals surface area contributed by atoms with Crippen molar-refractivity contribution in [3.05, 3.63) is 16.1 Å². The highest BCUT2D eigenvalue weighted by atomic mass is 32.1. The van der Waals surface area contributed by atoms with Crippen molar-refractivity contribution in [1.29, 1.82) is 0 Å². The SMILES string of the molecule is Cc1cnc(C(NC(=O)NCCN(C)C2CC2)C2CC2)s1. The summed E-state index contributed by atoms with van der Waals surface area (Å²) in [6.45, 7) is 3.68. The number of nitrogens with one attached hydrogen (secondary N) is 2. The van der Waals surface area contributed by atoms with E-state index in [-0.39, 0.29) is 12.1 Å². The van der Waals surface area contributed by atoms with Gasteiger partial charge < -0.3 is 15.5 Å². The molecule has 6 heteroatoms. The van der Waals surface area contributed by atoms with E-state index in [0.29, 0.717) is 12.5 Å². The number of carbonyl (C=O) groups is 1. The maximum Gasteiger partial charge on any atom is 0.315 e. The van der Waals surface area contributed by atoms with Crippen LogP contribution in [0.25, 0.3) is 0 Å². The van der Waals surface area contributed by atoms with Crippen LogP contribution < -0.4 is 10.6 Å². The van der Waals surface area contributed by atoms with Gasteiger partial charge in [0.25, 0.3) is 0 Å². The number of hydrogen-bond donors (Lipinski definition) is 2. The lowest BCUT2D eigenvalue weighted by molar-refractivity contribution is 0.232. The lowest BCUT2D eigenvalue weighted by Crippen LogP contribution is -2.42. The molecule has 1 atom stereocenters. The first-order valence-electron chi connectivity index (χ1n) is 7.80. The van der Waals surface area contributed by atoms with Crippen LogP contribution in [0.1, 0.15) is 41.6 Å². The third-order valence-electron chi connectivity index (χ3n) is 4.21. The summed E-state index contributed by atoms with van der Waals surface area (Å²) in [5.74, 6) is 0.565. The summed E-state index contributed by atoms with van der Waals surface area (Å²) in [5, 5.41) is 7.12. The normalized spacial score (nSPS) is 19.6. The molecule has 0 bridgehead atoms. The predicted octanol–water partition coefficient (Wildman–Crippen LogP) is 2.30. The van der Waals surface area contributed by atoms with Crippen LogP contribution in [0, 0.1) is 12.8 Å². The Labute approximate surface area is 130 Å². The van der Waals surface area contributed by atoms with Crippen molar-refractivity contribution in [2.24, 2.45) is 5.92 Å². The Bertz CT molecular complexity index is 496. The number of nitrogens with zero attached hydrogens (tertiary/aromatic N) is 2. The van der Waals surface area contributed by atoms with E-state index in [1.54, 1.807) is 11.3 Å². The van der Waals surface area contributed by atoms with Gasteiger partial charge in [-0.05, 0) is 45.6 Å². The van der Waals surface area contributed by atoms with Crippen LogP contribution in [0.15, 0.2) is 6.20 Å². The summed E-state index contributed by atoms with van der Waals surface area (Å²) in [6, 6.07) is 0.765. The van der Waals surface area contributed by atoms with Crippen LogP contribution in [0.4, 0.5) is 4.79 Å². The summed E-state index contributed by atoms with van der Waals surface area (Å²) < 4.78 is 0. The molecule has 2 aliphatic rings. The maximum absolute atomic E-state index is 12.1. The summed E-state index contributed by atoms with van der Waals surface area (Å²) in [7, 11) is 2.13. The van der Waals surface area contributed by atoms with E-state index >= 15 is 0 Å². The van der Waals surface area contributed by atoms with Crippen LogP contribution in [-0.4, -0.2) is 42.1 Å². The largest absolute Gasteiger partial charge is 0.337 e.